The topological polar surface area (TPSA) is 66.4 Å². The van der Waals surface area contributed by atoms with E-state index in [1.165, 1.54) is 5.41 Å². The van der Waals surface area contributed by atoms with Gasteiger partial charge in [-0.2, -0.15) is 0 Å². The molecule has 0 amide bonds. The smallest absolute Gasteiger partial charge is 0.173 e. The molecular formula is C6H11NO3S. The number of hydrogen-bond acceptors (Lipinski definition) is 4. The van der Waals surface area contributed by atoms with Gasteiger partial charge in [-0.15, -0.1) is 0 Å². The molecule has 0 spiro atoms. The van der Waals surface area contributed by atoms with E-state index in [0.717, 1.165) is 0 Å². The molecule has 0 aromatic heterocycles. The lowest BCUT2D eigenvalue weighted by Gasteiger charge is -2.06. The van der Waals surface area contributed by atoms with Crippen LogP contribution in [0.5, 0.6) is 0 Å². The van der Waals surface area contributed by atoms with Crippen molar-refractivity contribution in [1.82, 2.24) is 5.32 Å². The molecule has 1 heterocycles. The van der Waals surface area contributed by atoms with Crippen molar-refractivity contribution in [2.45, 2.75) is 6.04 Å². The van der Waals surface area contributed by atoms with E-state index < -0.39 is 9.84 Å². The van der Waals surface area contributed by atoms with Gasteiger partial charge in [-0.3, -0.25) is 0 Å². The highest BCUT2D eigenvalue weighted by atomic mass is 32.2. The minimum atomic E-state index is -2.95. The molecule has 2 N–H and O–H groups in total. The summed E-state index contributed by atoms with van der Waals surface area (Å²) >= 11 is 0. The van der Waals surface area contributed by atoms with E-state index in [0.29, 0.717) is 6.54 Å². The maximum absolute atomic E-state index is 10.8. The number of aliphatic hydroxyl groups excluding tert-OH is 1. The molecule has 1 aliphatic heterocycles. The Morgan fingerprint density at radius 3 is 2.82 bits per heavy atom. The van der Waals surface area contributed by atoms with E-state index >= 15 is 0 Å². The first kappa shape index (κ1) is 8.70. The Hall–Kier alpha value is -0.390. The Bertz CT molecular complexity index is 245. The second-order valence-electron chi connectivity index (χ2n) is 2.44. The van der Waals surface area contributed by atoms with Crippen molar-refractivity contribution >= 4 is 9.84 Å². The molecule has 64 valence electrons. The van der Waals surface area contributed by atoms with Crippen molar-refractivity contribution in [2.24, 2.45) is 0 Å². The lowest BCUT2D eigenvalue weighted by atomic mass is 10.3. The minimum Gasteiger partial charge on any atom is -0.395 e. The molecule has 1 atom stereocenters. The van der Waals surface area contributed by atoms with Crippen LogP contribution in [0.25, 0.3) is 0 Å². The van der Waals surface area contributed by atoms with Crippen LogP contribution >= 0.6 is 0 Å². The number of rotatable bonds is 3. The zero-order valence-corrected chi connectivity index (χ0v) is 6.84. The molecule has 4 nitrogen and oxygen atoms in total. The van der Waals surface area contributed by atoms with E-state index in [4.69, 9.17) is 5.11 Å². The second-order valence-corrected chi connectivity index (χ2v) is 4.37. The van der Waals surface area contributed by atoms with Crippen molar-refractivity contribution in [1.29, 1.82) is 0 Å². The summed E-state index contributed by atoms with van der Waals surface area (Å²) in [6.45, 7) is 0.467. The zero-order chi connectivity index (χ0) is 8.32. The fraction of sp³-hybridized carbons (Fsp3) is 0.667. The predicted molar refractivity (Wildman–Crippen MR) is 41.8 cm³/mol. The molecule has 0 saturated heterocycles. The average molecular weight is 177 g/mol. The van der Waals surface area contributed by atoms with Gasteiger partial charge in [0.1, 0.15) is 0 Å². The first-order chi connectivity index (χ1) is 5.14. The van der Waals surface area contributed by atoms with Gasteiger partial charge in [0.15, 0.2) is 9.84 Å². The minimum absolute atomic E-state index is 0.0321. The molecular weight excluding hydrogens is 166 g/mol. The van der Waals surface area contributed by atoms with Crippen molar-refractivity contribution in [3.8, 4) is 0 Å². The average Bonchev–Trinajstić information content (AvgIpc) is 2.26. The lowest BCUT2D eigenvalue weighted by molar-refractivity contribution is 0.290. The van der Waals surface area contributed by atoms with Crippen LogP contribution in [0, 0.1) is 0 Å². The van der Waals surface area contributed by atoms with E-state index in [1.54, 1.807) is 6.08 Å². The largest absolute Gasteiger partial charge is 0.395 e. The van der Waals surface area contributed by atoms with Crippen LogP contribution in [0.3, 0.4) is 0 Å². The molecule has 5 heteroatoms. The molecule has 1 aliphatic rings. The Labute approximate surface area is 65.8 Å². The number of nitrogens with one attached hydrogen (secondary N) is 1. The third-order valence-corrected chi connectivity index (χ3v) is 2.84. The molecule has 0 aromatic carbocycles. The zero-order valence-electron chi connectivity index (χ0n) is 6.03. The molecule has 0 aromatic rings. The Morgan fingerprint density at radius 1 is 1.64 bits per heavy atom. The summed E-state index contributed by atoms with van der Waals surface area (Å²) in [6, 6.07) is -0.118. The van der Waals surface area contributed by atoms with Crippen LogP contribution in [-0.4, -0.2) is 38.5 Å². The summed E-state index contributed by atoms with van der Waals surface area (Å²) in [4.78, 5) is 0. The molecule has 0 saturated carbocycles. The monoisotopic (exact) mass is 177 g/mol. The summed E-state index contributed by atoms with van der Waals surface area (Å²) in [7, 11) is -2.95. The fourth-order valence-electron chi connectivity index (χ4n) is 0.953. The first-order valence-corrected chi connectivity index (χ1v) is 5.11. The van der Waals surface area contributed by atoms with Gasteiger partial charge in [0.05, 0.1) is 12.4 Å². The molecule has 0 radical (unpaired) electrons. The van der Waals surface area contributed by atoms with Crippen LogP contribution < -0.4 is 5.32 Å². The highest BCUT2D eigenvalue weighted by molar-refractivity contribution is 7.94. The molecule has 1 rings (SSSR count). The van der Waals surface area contributed by atoms with Crippen LogP contribution in [0.1, 0.15) is 0 Å². The molecule has 11 heavy (non-hydrogen) atoms. The van der Waals surface area contributed by atoms with E-state index in [1.807, 2.05) is 0 Å². The fourth-order valence-corrected chi connectivity index (χ4v) is 2.22. The van der Waals surface area contributed by atoms with Crippen LogP contribution in [0.2, 0.25) is 0 Å². The Balaban J connectivity index is 2.39. The summed E-state index contributed by atoms with van der Waals surface area (Å²) < 4.78 is 21.6. The summed E-state index contributed by atoms with van der Waals surface area (Å²) in [6.07, 6.45) is 1.60. The lowest BCUT2D eigenvalue weighted by Crippen LogP contribution is -2.32. The van der Waals surface area contributed by atoms with Crippen molar-refractivity contribution < 1.29 is 13.5 Å². The normalized spacial score (nSPS) is 27.5. The molecule has 1 unspecified atom stereocenters. The maximum Gasteiger partial charge on any atom is 0.173 e. The quantitative estimate of drug-likeness (QED) is 0.573. The van der Waals surface area contributed by atoms with Gasteiger partial charge in [-0.05, 0) is 0 Å². The van der Waals surface area contributed by atoms with Gasteiger partial charge in [0.2, 0.25) is 0 Å². The predicted octanol–water partition coefficient (Wildman–Crippen LogP) is -1.12. The van der Waals surface area contributed by atoms with Crippen molar-refractivity contribution in [3.05, 3.63) is 11.5 Å². The van der Waals surface area contributed by atoms with Gasteiger partial charge in [-0.25, -0.2) is 8.42 Å². The summed E-state index contributed by atoms with van der Waals surface area (Å²) in [5, 5.41) is 12.5. The van der Waals surface area contributed by atoms with Crippen LogP contribution in [-0.2, 0) is 9.84 Å². The number of sulfone groups is 1. The third-order valence-electron chi connectivity index (χ3n) is 1.45. The first-order valence-electron chi connectivity index (χ1n) is 3.39. The van der Waals surface area contributed by atoms with E-state index in [9.17, 15) is 8.42 Å². The van der Waals surface area contributed by atoms with E-state index in [-0.39, 0.29) is 18.4 Å². The van der Waals surface area contributed by atoms with Crippen LogP contribution in [0.15, 0.2) is 11.5 Å². The molecule has 0 aliphatic carbocycles. The van der Waals surface area contributed by atoms with E-state index in [2.05, 4.69) is 5.32 Å². The van der Waals surface area contributed by atoms with Gasteiger partial charge in [-0.1, -0.05) is 6.08 Å². The van der Waals surface area contributed by atoms with Gasteiger partial charge < -0.3 is 10.4 Å². The maximum atomic E-state index is 10.8. The second kappa shape index (κ2) is 3.34. The summed E-state index contributed by atoms with van der Waals surface area (Å²) in [5.74, 6) is 0.118. The highest BCUT2D eigenvalue weighted by Gasteiger charge is 2.20. The Kier molecular flexibility index (Phi) is 2.64. The number of aliphatic hydroxyl groups is 1. The Morgan fingerprint density at radius 2 is 2.36 bits per heavy atom. The van der Waals surface area contributed by atoms with Gasteiger partial charge >= 0.3 is 0 Å². The molecule has 0 bridgehead atoms. The standard InChI is InChI=1S/C6H11NO3S/c8-3-2-7-6-1-4-11(9,10)5-6/h1,4,6-8H,2-3,5H2. The number of hydrogen-bond donors (Lipinski definition) is 2. The van der Waals surface area contributed by atoms with Gasteiger partial charge in [0, 0.05) is 18.0 Å². The summed E-state index contributed by atoms with van der Waals surface area (Å²) in [5.41, 5.74) is 0. The highest BCUT2D eigenvalue weighted by Crippen LogP contribution is 2.06. The van der Waals surface area contributed by atoms with Crippen LogP contribution in [0.4, 0.5) is 0 Å². The SMILES string of the molecule is O=S1(=O)C=CC(NCCO)C1. The molecule has 0 fully saturated rings. The van der Waals surface area contributed by atoms with Crippen molar-refractivity contribution in [3.63, 3.8) is 0 Å². The van der Waals surface area contributed by atoms with Crippen molar-refractivity contribution in [2.75, 3.05) is 18.9 Å². The van der Waals surface area contributed by atoms with Gasteiger partial charge in [0.25, 0.3) is 0 Å². The third kappa shape index (κ3) is 2.61.